The van der Waals surface area contributed by atoms with Gasteiger partial charge in [-0.3, -0.25) is 4.79 Å². The lowest BCUT2D eigenvalue weighted by Crippen LogP contribution is -2.37. The molecule has 2 aromatic rings. The van der Waals surface area contributed by atoms with E-state index in [0.29, 0.717) is 16.5 Å². The molecule has 3 N–H and O–H groups in total. The van der Waals surface area contributed by atoms with Crippen LogP contribution in [0, 0.1) is 11.3 Å². The topological polar surface area (TPSA) is 78.9 Å². The molecule has 0 saturated heterocycles. The predicted molar refractivity (Wildman–Crippen MR) is 85.6 cm³/mol. The minimum absolute atomic E-state index is 0.417. The molecule has 2 aromatic carbocycles. The first-order valence-corrected chi connectivity index (χ1v) is 7.19. The van der Waals surface area contributed by atoms with Gasteiger partial charge in [0.1, 0.15) is 12.1 Å². The summed E-state index contributed by atoms with van der Waals surface area (Å²) in [5.74, 6) is -0.417. The maximum Gasteiger partial charge on any atom is 0.240 e. The van der Waals surface area contributed by atoms with Gasteiger partial charge >= 0.3 is 0 Å². The summed E-state index contributed by atoms with van der Waals surface area (Å²) in [7, 11) is 0. The molecule has 0 bridgehead atoms. The van der Waals surface area contributed by atoms with Gasteiger partial charge in [0.2, 0.25) is 5.91 Å². The Hall–Kier alpha value is -2.32. The Balaban J connectivity index is 2.15. The number of hydrogen-bond donors (Lipinski definition) is 2. The van der Waals surface area contributed by atoms with Crippen LogP contribution in [0.5, 0.6) is 0 Å². The van der Waals surface area contributed by atoms with Crippen LogP contribution in [0.1, 0.15) is 11.1 Å². The fourth-order valence-electron chi connectivity index (χ4n) is 1.97. The zero-order valence-electron chi connectivity index (χ0n) is 11.2. The maximum atomic E-state index is 11.6. The second-order valence-electron chi connectivity index (χ2n) is 4.60. The average molecular weight is 344 g/mol. The number of nitrogens with one attached hydrogen (secondary N) is 1. The molecule has 0 heterocycles. The summed E-state index contributed by atoms with van der Waals surface area (Å²) < 4.78 is 0.679. The number of nitrogens with two attached hydrogens (primary N) is 1. The quantitative estimate of drug-likeness (QED) is 0.875. The largest absolute Gasteiger partial charge is 0.373 e. The molecule has 0 saturated carbocycles. The van der Waals surface area contributed by atoms with Crippen LogP contribution in [0.4, 0.5) is 5.69 Å². The molecular formula is C16H14BrN3O. The molecule has 0 radical (unpaired) electrons. The van der Waals surface area contributed by atoms with E-state index in [2.05, 4.69) is 27.3 Å². The molecule has 0 aliphatic carbocycles. The standard InChI is InChI=1S/C16H14BrN3O/c17-14-9-13(7-6-12(14)10-18)20-15(16(19)21)8-11-4-2-1-3-5-11/h1-7,9,15,20H,8H2,(H2,19,21). The second-order valence-corrected chi connectivity index (χ2v) is 5.45. The number of nitrogens with zero attached hydrogens (tertiary/aromatic N) is 1. The Morgan fingerprint density at radius 2 is 2.00 bits per heavy atom. The minimum atomic E-state index is -0.507. The summed E-state index contributed by atoms with van der Waals surface area (Å²) >= 11 is 3.32. The van der Waals surface area contributed by atoms with E-state index in [1.54, 1.807) is 18.2 Å². The van der Waals surface area contributed by atoms with Crippen LogP contribution in [-0.4, -0.2) is 11.9 Å². The third-order valence-corrected chi connectivity index (χ3v) is 3.71. The van der Waals surface area contributed by atoms with Gasteiger partial charge in [0.25, 0.3) is 0 Å². The van der Waals surface area contributed by atoms with Gasteiger partial charge in [-0.05, 0) is 39.7 Å². The van der Waals surface area contributed by atoms with Crippen molar-refractivity contribution in [2.75, 3.05) is 5.32 Å². The van der Waals surface area contributed by atoms with Crippen molar-refractivity contribution in [3.8, 4) is 6.07 Å². The molecule has 106 valence electrons. The van der Waals surface area contributed by atoms with E-state index in [-0.39, 0.29) is 0 Å². The number of benzene rings is 2. The summed E-state index contributed by atoms with van der Waals surface area (Å²) in [5.41, 5.74) is 7.77. The molecule has 0 aliphatic heterocycles. The van der Waals surface area contributed by atoms with Gasteiger partial charge < -0.3 is 11.1 Å². The fourth-order valence-corrected chi connectivity index (χ4v) is 2.44. The molecule has 2 rings (SSSR count). The van der Waals surface area contributed by atoms with Crippen molar-refractivity contribution in [3.63, 3.8) is 0 Å². The summed E-state index contributed by atoms with van der Waals surface area (Å²) in [6.45, 7) is 0. The van der Waals surface area contributed by atoms with Gasteiger partial charge in [-0.25, -0.2) is 0 Å². The number of rotatable bonds is 5. The first-order chi connectivity index (χ1) is 10.1. The van der Waals surface area contributed by atoms with E-state index in [4.69, 9.17) is 11.0 Å². The van der Waals surface area contributed by atoms with Gasteiger partial charge in [0.15, 0.2) is 0 Å². The Morgan fingerprint density at radius 3 is 2.57 bits per heavy atom. The Morgan fingerprint density at radius 1 is 1.29 bits per heavy atom. The number of nitriles is 1. The number of carbonyl (C=O) groups excluding carboxylic acids is 1. The zero-order chi connectivity index (χ0) is 15.2. The van der Waals surface area contributed by atoms with E-state index in [1.807, 2.05) is 30.3 Å². The van der Waals surface area contributed by atoms with Crippen molar-refractivity contribution in [1.29, 1.82) is 5.26 Å². The van der Waals surface area contributed by atoms with E-state index in [1.165, 1.54) is 0 Å². The molecule has 1 unspecified atom stereocenters. The summed E-state index contributed by atoms with van der Waals surface area (Å²) in [4.78, 5) is 11.6. The van der Waals surface area contributed by atoms with Gasteiger partial charge in [-0.15, -0.1) is 0 Å². The number of primary amides is 1. The van der Waals surface area contributed by atoms with Crippen molar-refractivity contribution < 1.29 is 4.79 Å². The van der Waals surface area contributed by atoms with Crippen LogP contribution in [0.15, 0.2) is 53.0 Å². The highest BCUT2D eigenvalue weighted by Gasteiger charge is 2.16. The molecular weight excluding hydrogens is 330 g/mol. The van der Waals surface area contributed by atoms with Crippen LogP contribution < -0.4 is 11.1 Å². The molecule has 1 amide bonds. The van der Waals surface area contributed by atoms with Crippen molar-refractivity contribution in [2.24, 2.45) is 5.73 Å². The van der Waals surface area contributed by atoms with Gasteiger partial charge in [0.05, 0.1) is 5.56 Å². The highest BCUT2D eigenvalue weighted by Crippen LogP contribution is 2.21. The highest BCUT2D eigenvalue weighted by molar-refractivity contribution is 9.10. The number of amides is 1. The average Bonchev–Trinajstić information content (AvgIpc) is 2.48. The highest BCUT2D eigenvalue weighted by atomic mass is 79.9. The van der Waals surface area contributed by atoms with Crippen molar-refractivity contribution in [3.05, 3.63) is 64.1 Å². The molecule has 21 heavy (non-hydrogen) atoms. The molecule has 5 heteroatoms. The van der Waals surface area contributed by atoms with Crippen LogP contribution in [0.2, 0.25) is 0 Å². The monoisotopic (exact) mass is 343 g/mol. The van der Waals surface area contributed by atoms with Gasteiger partial charge in [-0.1, -0.05) is 30.3 Å². The van der Waals surface area contributed by atoms with Gasteiger partial charge in [-0.2, -0.15) is 5.26 Å². The van der Waals surface area contributed by atoms with Crippen LogP contribution in [0.25, 0.3) is 0 Å². The number of hydrogen-bond acceptors (Lipinski definition) is 3. The van der Waals surface area contributed by atoms with Crippen molar-refractivity contribution in [1.82, 2.24) is 0 Å². The Labute approximate surface area is 131 Å². The number of carbonyl (C=O) groups is 1. The fraction of sp³-hybridized carbons (Fsp3) is 0.125. The van der Waals surface area contributed by atoms with E-state index < -0.39 is 11.9 Å². The summed E-state index contributed by atoms with van der Waals surface area (Å²) in [6, 6.07) is 16.4. The SMILES string of the molecule is N#Cc1ccc(NC(Cc2ccccc2)C(N)=O)cc1Br. The van der Waals surface area contributed by atoms with Gasteiger partial charge in [0, 0.05) is 16.6 Å². The van der Waals surface area contributed by atoms with Crippen LogP contribution >= 0.6 is 15.9 Å². The lowest BCUT2D eigenvalue weighted by molar-refractivity contribution is -0.118. The Kier molecular flexibility index (Phi) is 4.96. The first-order valence-electron chi connectivity index (χ1n) is 6.39. The first kappa shape index (κ1) is 15.1. The third-order valence-electron chi connectivity index (χ3n) is 3.06. The van der Waals surface area contributed by atoms with Crippen LogP contribution in [-0.2, 0) is 11.2 Å². The molecule has 0 fully saturated rings. The van der Waals surface area contributed by atoms with Crippen LogP contribution in [0.3, 0.4) is 0 Å². The third kappa shape index (κ3) is 4.07. The maximum absolute atomic E-state index is 11.6. The zero-order valence-corrected chi connectivity index (χ0v) is 12.8. The minimum Gasteiger partial charge on any atom is -0.373 e. The normalized spacial score (nSPS) is 11.4. The van der Waals surface area contributed by atoms with E-state index in [0.717, 1.165) is 11.3 Å². The molecule has 0 aromatic heterocycles. The number of anilines is 1. The Bertz CT molecular complexity index is 680. The lowest BCUT2D eigenvalue weighted by Gasteiger charge is -2.17. The molecule has 0 aliphatic rings. The summed E-state index contributed by atoms with van der Waals surface area (Å²) in [6.07, 6.45) is 0.508. The summed E-state index contributed by atoms with van der Waals surface area (Å²) in [5, 5.41) is 12.0. The molecule has 4 nitrogen and oxygen atoms in total. The predicted octanol–water partition coefficient (Wildman–Crippen LogP) is 2.83. The smallest absolute Gasteiger partial charge is 0.240 e. The molecule has 0 spiro atoms. The van der Waals surface area contributed by atoms with E-state index in [9.17, 15) is 4.79 Å². The van der Waals surface area contributed by atoms with Crippen molar-refractivity contribution >= 4 is 27.5 Å². The van der Waals surface area contributed by atoms with E-state index >= 15 is 0 Å². The second kappa shape index (κ2) is 6.91. The lowest BCUT2D eigenvalue weighted by atomic mass is 10.1. The number of halogens is 1. The molecule has 1 atom stereocenters. The van der Waals surface area contributed by atoms with Crippen molar-refractivity contribution in [2.45, 2.75) is 12.5 Å².